The van der Waals surface area contributed by atoms with Crippen LogP contribution in [-0.4, -0.2) is 24.8 Å². The molecule has 0 fully saturated rings. The van der Waals surface area contributed by atoms with Gasteiger partial charge in [0.1, 0.15) is 0 Å². The van der Waals surface area contributed by atoms with Crippen LogP contribution in [0.4, 0.5) is 5.69 Å². The number of carbonyl (C=O) groups excluding carboxylic acids is 2. The van der Waals surface area contributed by atoms with E-state index in [2.05, 4.69) is 0 Å². The minimum Gasteiger partial charge on any atom is -0.366 e. The predicted octanol–water partition coefficient (Wildman–Crippen LogP) is 1.24. The van der Waals surface area contributed by atoms with Gasteiger partial charge in [-0.1, -0.05) is 18.2 Å². The minimum atomic E-state index is -4.83. The van der Waals surface area contributed by atoms with Crippen LogP contribution >= 0.6 is 0 Å². The number of rotatable bonds is 4. The smallest absolute Gasteiger partial charge is 0.366 e. The van der Waals surface area contributed by atoms with Crippen LogP contribution in [0.2, 0.25) is 0 Å². The molecular weight excluding hydrogens is 308 g/mol. The molecule has 0 spiro atoms. The fourth-order valence-electron chi connectivity index (χ4n) is 1.81. The highest BCUT2D eigenvalue weighted by Gasteiger charge is 2.28. The number of anilines is 1. The molecule has 22 heavy (non-hydrogen) atoms. The first kappa shape index (κ1) is 15.7. The zero-order chi connectivity index (χ0) is 16.3. The lowest BCUT2D eigenvalue weighted by molar-refractivity contribution is 0.0994. The molecule has 2 aromatic rings. The lowest BCUT2D eigenvalue weighted by Crippen LogP contribution is -2.36. The zero-order valence-electron chi connectivity index (χ0n) is 11.2. The maximum absolute atomic E-state index is 12.3. The van der Waals surface area contributed by atoms with E-state index in [9.17, 15) is 22.6 Å². The molecule has 0 radical (unpaired) electrons. The Morgan fingerprint density at radius 1 is 0.909 bits per heavy atom. The monoisotopic (exact) mass is 320 g/mol. The molecule has 114 valence electrons. The highest BCUT2D eigenvalue weighted by atomic mass is 32.2. The summed E-state index contributed by atoms with van der Waals surface area (Å²) in [6.07, 6.45) is 0. The van der Waals surface area contributed by atoms with Crippen LogP contribution < -0.4 is 10.0 Å². The summed E-state index contributed by atoms with van der Waals surface area (Å²) >= 11 is 0. The molecule has 2 amide bonds. The van der Waals surface area contributed by atoms with Gasteiger partial charge in [-0.2, -0.15) is 12.7 Å². The Balaban J connectivity index is 2.48. The molecule has 0 saturated heterocycles. The SMILES string of the molecule is NC(=O)c1ccc(N(C(=O)c2ccccc2)S(=O)(=O)O)cc1. The third-order valence-electron chi connectivity index (χ3n) is 2.82. The summed E-state index contributed by atoms with van der Waals surface area (Å²) in [5.41, 5.74) is 5.21. The first-order valence-corrected chi connectivity index (χ1v) is 7.47. The normalized spacial score (nSPS) is 11.0. The van der Waals surface area contributed by atoms with Crippen LogP contribution in [0.25, 0.3) is 0 Å². The van der Waals surface area contributed by atoms with Crippen LogP contribution in [0.15, 0.2) is 54.6 Å². The molecule has 0 heterocycles. The quantitative estimate of drug-likeness (QED) is 0.822. The fraction of sp³-hybridized carbons (Fsp3) is 0. The average Bonchev–Trinajstić information content (AvgIpc) is 2.47. The number of primary amides is 1. The van der Waals surface area contributed by atoms with E-state index in [1.165, 1.54) is 36.4 Å². The van der Waals surface area contributed by atoms with E-state index in [4.69, 9.17) is 5.73 Å². The summed E-state index contributed by atoms with van der Waals surface area (Å²) in [6.45, 7) is 0. The lowest BCUT2D eigenvalue weighted by Gasteiger charge is -2.19. The van der Waals surface area contributed by atoms with Gasteiger partial charge in [0.2, 0.25) is 5.91 Å². The van der Waals surface area contributed by atoms with E-state index in [0.717, 1.165) is 0 Å². The van der Waals surface area contributed by atoms with E-state index in [1.807, 2.05) is 0 Å². The van der Waals surface area contributed by atoms with Crippen LogP contribution in [0.3, 0.4) is 0 Å². The Morgan fingerprint density at radius 2 is 1.45 bits per heavy atom. The van der Waals surface area contributed by atoms with Crippen molar-refractivity contribution in [2.45, 2.75) is 0 Å². The molecule has 7 nitrogen and oxygen atoms in total. The standard InChI is InChI=1S/C14H12N2O5S/c15-13(17)10-6-8-12(9-7-10)16(22(19,20)21)14(18)11-4-2-1-3-5-11/h1-9H,(H2,15,17)(H,19,20,21). The highest BCUT2D eigenvalue weighted by Crippen LogP contribution is 2.21. The average molecular weight is 320 g/mol. The third-order valence-corrected chi connectivity index (χ3v) is 3.66. The molecule has 2 aromatic carbocycles. The van der Waals surface area contributed by atoms with Gasteiger partial charge >= 0.3 is 10.3 Å². The zero-order valence-corrected chi connectivity index (χ0v) is 12.0. The summed E-state index contributed by atoms with van der Waals surface area (Å²) in [7, 11) is -4.83. The summed E-state index contributed by atoms with van der Waals surface area (Å²) in [4.78, 5) is 23.3. The number of hydrogen-bond donors (Lipinski definition) is 2. The van der Waals surface area contributed by atoms with Gasteiger partial charge in [-0.3, -0.25) is 14.1 Å². The largest absolute Gasteiger partial charge is 0.366 e. The van der Waals surface area contributed by atoms with Crippen molar-refractivity contribution in [2.75, 3.05) is 4.31 Å². The molecule has 0 aromatic heterocycles. The van der Waals surface area contributed by atoms with E-state index in [-0.39, 0.29) is 21.1 Å². The molecule has 0 unspecified atom stereocenters. The van der Waals surface area contributed by atoms with Gasteiger partial charge in [0.25, 0.3) is 5.91 Å². The van der Waals surface area contributed by atoms with Gasteiger partial charge in [0, 0.05) is 11.1 Å². The maximum atomic E-state index is 12.3. The van der Waals surface area contributed by atoms with Gasteiger partial charge in [0.15, 0.2) is 0 Å². The van der Waals surface area contributed by atoms with E-state index < -0.39 is 22.1 Å². The van der Waals surface area contributed by atoms with Gasteiger partial charge < -0.3 is 5.73 Å². The molecular formula is C14H12N2O5S. The van der Waals surface area contributed by atoms with Crippen LogP contribution in [0, 0.1) is 0 Å². The molecule has 0 bridgehead atoms. The van der Waals surface area contributed by atoms with Crippen molar-refractivity contribution >= 4 is 27.8 Å². The Hall–Kier alpha value is -2.71. The summed E-state index contributed by atoms with van der Waals surface area (Å²) in [5, 5.41) is 0. The van der Waals surface area contributed by atoms with Crippen molar-refractivity contribution in [1.82, 2.24) is 0 Å². The second-order valence-corrected chi connectivity index (χ2v) is 5.59. The third kappa shape index (κ3) is 3.30. The molecule has 0 atom stereocenters. The lowest BCUT2D eigenvalue weighted by atomic mass is 10.2. The predicted molar refractivity (Wildman–Crippen MR) is 79.8 cm³/mol. The second-order valence-electron chi connectivity index (χ2n) is 4.32. The number of carbonyl (C=O) groups is 2. The number of hydrogen-bond acceptors (Lipinski definition) is 4. The Kier molecular flexibility index (Phi) is 4.25. The fourth-order valence-corrected chi connectivity index (χ4v) is 2.52. The summed E-state index contributed by atoms with van der Waals surface area (Å²) < 4.78 is 32.6. The Morgan fingerprint density at radius 3 is 1.91 bits per heavy atom. The van der Waals surface area contributed by atoms with Crippen molar-refractivity contribution in [3.8, 4) is 0 Å². The molecule has 0 aliphatic heterocycles. The van der Waals surface area contributed by atoms with Crippen LogP contribution in [0.5, 0.6) is 0 Å². The van der Waals surface area contributed by atoms with Crippen molar-refractivity contribution in [1.29, 1.82) is 0 Å². The van der Waals surface area contributed by atoms with Gasteiger partial charge in [-0.15, -0.1) is 0 Å². The van der Waals surface area contributed by atoms with Crippen molar-refractivity contribution in [2.24, 2.45) is 5.73 Å². The maximum Gasteiger partial charge on any atom is 0.366 e. The van der Waals surface area contributed by atoms with E-state index in [1.54, 1.807) is 18.2 Å². The number of amides is 2. The van der Waals surface area contributed by atoms with Crippen molar-refractivity contribution in [3.63, 3.8) is 0 Å². The van der Waals surface area contributed by atoms with E-state index >= 15 is 0 Å². The Labute approximate surface area is 126 Å². The number of nitrogens with two attached hydrogens (primary N) is 1. The highest BCUT2D eigenvalue weighted by molar-refractivity contribution is 7.88. The molecule has 8 heteroatoms. The summed E-state index contributed by atoms with van der Waals surface area (Å²) in [6, 6.07) is 12.5. The van der Waals surface area contributed by atoms with Crippen molar-refractivity contribution in [3.05, 3.63) is 65.7 Å². The summed E-state index contributed by atoms with van der Waals surface area (Å²) in [5.74, 6) is -1.62. The molecule has 0 saturated carbocycles. The Bertz CT molecular complexity index is 801. The first-order chi connectivity index (χ1) is 10.3. The van der Waals surface area contributed by atoms with Gasteiger partial charge in [-0.05, 0) is 36.4 Å². The number of benzene rings is 2. The minimum absolute atomic E-state index is 0.0825. The van der Waals surface area contributed by atoms with Gasteiger partial charge in [-0.25, -0.2) is 0 Å². The van der Waals surface area contributed by atoms with E-state index in [0.29, 0.717) is 0 Å². The molecule has 3 N–H and O–H groups in total. The first-order valence-electron chi connectivity index (χ1n) is 6.07. The molecule has 2 rings (SSSR count). The van der Waals surface area contributed by atoms with Crippen LogP contribution in [0.1, 0.15) is 20.7 Å². The van der Waals surface area contributed by atoms with Crippen LogP contribution in [-0.2, 0) is 10.3 Å². The van der Waals surface area contributed by atoms with Crippen molar-refractivity contribution < 1.29 is 22.6 Å². The molecule has 0 aliphatic rings. The molecule has 0 aliphatic carbocycles. The topological polar surface area (TPSA) is 118 Å². The second kappa shape index (κ2) is 5.96. The van der Waals surface area contributed by atoms with Gasteiger partial charge in [0.05, 0.1) is 5.69 Å². The number of nitrogens with zero attached hydrogens (tertiary/aromatic N) is 1.